The van der Waals surface area contributed by atoms with Crippen LogP contribution in [0, 0.1) is 12.7 Å². The molecule has 0 bridgehead atoms. The highest BCUT2D eigenvalue weighted by atomic mass is 79.9. The Bertz CT molecular complexity index is 650. The van der Waals surface area contributed by atoms with Crippen molar-refractivity contribution in [1.82, 2.24) is 9.80 Å². The van der Waals surface area contributed by atoms with E-state index in [0.29, 0.717) is 41.8 Å². The summed E-state index contributed by atoms with van der Waals surface area (Å²) in [6, 6.07) is 2.85. The van der Waals surface area contributed by atoms with Gasteiger partial charge in [0.05, 0.1) is 5.56 Å². The fourth-order valence-electron chi connectivity index (χ4n) is 2.40. The Kier molecular flexibility index (Phi) is 5.52. The number of carbonyl (C=O) groups excluding carboxylic acids is 2. The van der Waals surface area contributed by atoms with Crippen molar-refractivity contribution in [2.75, 3.05) is 26.2 Å². The summed E-state index contributed by atoms with van der Waals surface area (Å²) in [5.41, 5.74) is 0.228. The van der Waals surface area contributed by atoms with Crippen LogP contribution in [-0.2, 0) is 4.74 Å². The molecule has 2 rings (SSSR count). The lowest BCUT2D eigenvalue weighted by molar-refractivity contribution is 0.0140. The lowest BCUT2D eigenvalue weighted by atomic mass is 10.1. The van der Waals surface area contributed by atoms with Gasteiger partial charge in [0.1, 0.15) is 11.4 Å². The first kappa shape index (κ1) is 18.7. The first-order valence-corrected chi connectivity index (χ1v) is 8.60. The van der Waals surface area contributed by atoms with Gasteiger partial charge in [-0.05, 0) is 61.3 Å². The van der Waals surface area contributed by atoms with Crippen LogP contribution in [-0.4, -0.2) is 53.6 Å². The summed E-state index contributed by atoms with van der Waals surface area (Å²) >= 11 is 3.32. The number of halogens is 2. The van der Waals surface area contributed by atoms with E-state index >= 15 is 0 Å². The number of nitrogens with zero attached hydrogens (tertiary/aromatic N) is 2. The standard InChI is InChI=1S/C17H22BrFN2O3/c1-11-9-13(18)12(10-14(11)19)15(22)20-5-7-21(8-6-20)16(23)24-17(2,3)4/h9-10H,5-8H2,1-4H3. The SMILES string of the molecule is Cc1cc(Br)c(C(=O)N2CCN(C(=O)OC(C)(C)C)CC2)cc1F. The second kappa shape index (κ2) is 7.09. The smallest absolute Gasteiger partial charge is 0.410 e. The quantitative estimate of drug-likeness (QED) is 0.723. The number of hydrogen-bond donors (Lipinski definition) is 0. The highest BCUT2D eigenvalue weighted by Crippen LogP contribution is 2.23. The molecule has 0 spiro atoms. The van der Waals surface area contributed by atoms with Gasteiger partial charge in [0.15, 0.2) is 0 Å². The van der Waals surface area contributed by atoms with Crippen molar-refractivity contribution in [2.45, 2.75) is 33.3 Å². The van der Waals surface area contributed by atoms with Crippen LogP contribution in [0.4, 0.5) is 9.18 Å². The minimum absolute atomic E-state index is 0.246. The van der Waals surface area contributed by atoms with Crippen LogP contribution in [0.2, 0.25) is 0 Å². The summed E-state index contributed by atoms with van der Waals surface area (Å²) < 4.78 is 19.7. The molecule has 1 aromatic carbocycles. The van der Waals surface area contributed by atoms with Crippen molar-refractivity contribution in [1.29, 1.82) is 0 Å². The topological polar surface area (TPSA) is 49.9 Å². The van der Waals surface area contributed by atoms with Gasteiger partial charge in [0.25, 0.3) is 5.91 Å². The van der Waals surface area contributed by atoms with E-state index in [9.17, 15) is 14.0 Å². The Balaban J connectivity index is 2.01. The van der Waals surface area contributed by atoms with E-state index in [2.05, 4.69) is 15.9 Å². The first-order chi connectivity index (χ1) is 11.1. The summed E-state index contributed by atoms with van der Waals surface area (Å²) in [4.78, 5) is 27.8. The van der Waals surface area contributed by atoms with Gasteiger partial charge in [-0.15, -0.1) is 0 Å². The zero-order valence-corrected chi connectivity index (χ0v) is 15.9. The molecule has 1 saturated heterocycles. The summed E-state index contributed by atoms with van der Waals surface area (Å²) in [6.07, 6.45) is -0.378. The van der Waals surface area contributed by atoms with Crippen molar-refractivity contribution in [2.24, 2.45) is 0 Å². The van der Waals surface area contributed by atoms with Crippen LogP contribution in [0.5, 0.6) is 0 Å². The number of hydrogen-bond acceptors (Lipinski definition) is 3. The maximum Gasteiger partial charge on any atom is 0.410 e. The van der Waals surface area contributed by atoms with Crippen molar-refractivity contribution in [3.8, 4) is 0 Å². The Morgan fingerprint density at radius 2 is 1.67 bits per heavy atom. The molecule has 0 N–H and O–H groups in total. The van der Waals surface area contributed by atoms with Gasteiger partial charge in [-0.25, -0.2) is 9.18 Å². The molecule has 5 nitrogen and oxygen atoms in total. The van der Waals surface area contributed by atoms with Crippen molar-refractivity contribution < 1.29 is 18.7 Å². The number of rotatable bonds is 1. The summed E-state index contributed by atoms with van der Waals surface area (Å²) in [5.74, 6) is -0.654. The van der Waals surface area contributed by atoms with E-state index in [1.54, 1.807) is 22.8 Å². The fraction of sp³-hybridized carbons (Fsp3) is 0.529. The molecule has 1 aliphatic heterocycles. The van der Waals surface area contributed by atoms with E-state index in [1.165, 1.54) is 6.07 Å². The van der Waals surface area contributed by atoms with E-state index < -0.39 is 11.4 Å². The predicted molar refractivity (Wildman–Crippen MR) is 92.5 cm³/mol. The fourth-order valence-corrected chi connectivity index (χ4v) is 3.03. The molecule has 0 aromatic heterocycles. The average Bonchev–Trinajstić information content (AvgIpc) is 2.49. The molecule has 24 heavy (non-hydrogen) atoms. The Morgan fingerprint density at radius 1 is 1.12 bits per heavy atom. The Hall–Kier alpha value is -1.63. The number of benzene rings is 1. The third-order valence-corrected chi connectivity index (χ3v) is 4.35. The van der Waals surface area contributed by atoms with Gasteiger partial charge in [0.2, 0.25) is 0 Å². The zero-order valence-electron chi connectivity index (χ0n) is 14.4. The third-order valence-electron chi connectivity index (χ3n) is 3.70. The monoisotopic (exact) mass is 400 g/mol. The van der Waals surface area contributed by atoms with E-state index in [0.717, 1.165) is 0 Å². The predicted octanol–water partition coefficient (Wildman–Crippen LogP) is 3.59. The minimum Gasteiger partial charge on any atom is -0.444 e. The summed E-state index contributed by atoms with van der Waals surface area (Å²) in [5, 5.41) is 0. The Labute approximate surface area is 149 Å². The number of carbonyl (C=O) groups is 2. The van der Waals surface area contributed by atoms with Crippen LogP contribution in [0.3, 0.4) is 0 Å². The van der Waals surface area contributed by atoms with Crippen molar-refractivity contribution in [3.05, 3.63) is 33.5 Å². The molecule has 0 radical (unpaired) electrons. The van der Waals surface area contributed by atoms with E-state index in [-0.39, 0.29) is 12.0 Å². The second-order valence-electron chi connectivity index (χ2n) is 6.84. The van der Waals surface area contributed by atoms with Crippen LogP contribution in [0.15, 0.2) is 16.6 Å². The lowest BCUT2D eigenvalue weighted by Gasteiger charge is -2.35. The molecular formula is C17H22BrFN2O3. The van der Waals surface area contributed by atoms with E-state index in [1.807, 2.05) is 20.8 Å². The molecule has 2 amide bonds. The van der Waals surface area contributed by atoms with E-state index in [4.69, 9.17) is 4.74 Å². The maximum absolute atomic E-state index is 13.8. The summed E-state index contributed by atoms with van der Waals surface area (Å²) in [6.45, 7) is 8.66. The number of amides is 2. The van der Waals surface area contributed by atoms with Crippen molar-refractivity contribution in [3.63, 3.8) is 0 Å². The largest absolute Gasteiger partial charge is 0.444 e. The molecule has 0 saturated carbocycles. The number of ether oxygens (including phenoxy) is 1. The van der Waals surface area contributed by atoms with Gasteiger partial charge in [-0.3, -0.25) is 4.79 Å². The van der Waals surface area contributed by atoms with Gasteiger partial charge in [-0.2, -0.15) is 0 Å². The van der Waals surface area contributed by atoms with Crippen LogP contribution in [0.25, 0.3) is 0 Å². The van der Waals surface area contributed by atoms with Gasteiger partial charge in [0, 0.05) is 30.7 Å². The lowest BCUT2D eigenvalue weighted by Crippen LogP contribution is -2.51. The molecule has 1 aliphatic rings. The molecule has 132 valence electrons. The highest BCUT2D eigenvalue weighted by molar-refractivity contribution is 9.10. The molecule has 0 atom stereocenters. The zero-order chi connectivity index (χ0) is 18.1. The molecule has 7 heteroatoms. The Morgan fingerprint density at radius 3 is 2.21 bits per heavy atom. The van der Waals surface area contributed by atoms with Crippen LogP contribution < -0.4 is 0 Å². The van der Waals surface area contributed by atoms with Gasteiger partial charge >= 0.3 is 6.09 Å². The molecule has 1 heterocycles. The van der Waals surface area contributed by atoms with Crippen LogP contribution >= 0.6 is 15.9 Å². The van der Waals surface area contributed by atoms with Gasteiger partial charge < -0.3 is 14.5 Å². The summed E-state index contributed by atoms with van der Waals surface area (Å²) in [7, 11) is 0. The minimum atomic E-state index is -0.547. The number of piperazine rings is 1. The molecular weight excluding hydrogens is 379 g/mol. The highest BCUT2D eigenvalue weighted by Gasteiger charge is 2.28. The second-order valence-corrected chi connectivity index (χ2v) is 7.70. The number of aryl methyl sites for hydroxylation is 1. The molecule has 0 aliphatic carbocycles. The van der Waals surface area contributed by atoms with Crippen LogP contribution in [0.1, 0.15) is 36.7 Å². The van der Waals surface area contributed by atoms with Crippen molar-refractivity contribution >= 4 is 27.9 Å². The molecule has 1 fully saturated rings. The average molecular weight is 401 g/mol. The normalized spacial score (nSPS) is 15.4. The third kappa shape index (κ3) is 4.47. The molecule has 1 aromatic rings. The first-order valence-electron chi connectivity index (χ1n) is 7.81. The molecule has 0 unspecified atom stereocenters. The maximum atomic E-state index is 13.8. The van der Waals surface area contributed by atoms with Gasteiger partial charge in [-0.1, -0.05) is 0 Å².